The summed E-state index contributed by atoms with van der Waals surface area (Å²) in [5.74, 6) is 0. The molecule has 0 amide bonds. The maximum absolute atomic E-state index is 9.94. The fourth-order valence-electron chi connectivity index (χ4n) is 2.08. The Kier molecular flexibility index (Phi) is 2.24. The molecule has 1 unspecified atom stereocenters. The normalized spacial score (nSPS) is 30.2. The van der Waals surface area contributed by atoms with Crippen molar-refractivity contribution in [3.05, 3.63) is 0 Å². The van der Waals surface area contributed by atoms with E-state index in [4.69, 9.17) is 0 Å². The van der Waals surface area contributed by atoms with Crippen molar-refractivity contribution in [3.63, 3.8) is 0 Å². The second-order valence-corrected chi connectivity index (χ2v) is 3.70. The Hall–Kier alpha value is -0.660. The molecule has 12 heavy (non-hydrogen) atoms. The number of hydrogen-bond donors (Lipinski definition) is 0. The van der Waals surface area contributed by atoms with Gasteiger partial charge in [0.25, 0.3) is 0 Å². The molecular weight excluding hydrogens is 152 g/mol. The molecule has 1 heterocycles. The van der Waals surface area contributed by atoms with Crippen molar-refractivity contribution in [1.82, 2.24) is 4.90 Å². The van der Waals surface area contributed by atoms with Gasteiger partial charge in [-0.25, -0.2) is 9.79 Å². The molecule has 3 heteroatoms. The van der Waals surface area contributed by atoms with Crippen LogP contribution >= 0.6 is 0 Å². The largest absolute Gasteiger partial charge is 0.296 e. The minimum absolute atomic E-state index is 0.541. The van der Waals surface area contributed by atoms with Crippen LogP contribution in [-0.2, 0) is 4.79 Å². The summed E-state index contributed by atoms with van der Waals surface area (Å²) in [5, 5.41) is 0. The molecule has 1 atom stereocenters. The Balaban J connectivity index is 1.89. The SMILES string of the molecule is O=C=NCC1CCCN1C1CC1. The van der Waals surface area contributed by atoms with Crippen molar-refractivity contribution in [2.24, 2.45) is 4.99 Å². The second kappa shape index (κ2) is 3.38. The van der Waals surface area contributed by atoms with Gasteiger partial charge in [0, 0.05) is 12.1 Å². The molecule has 0 spiro atoms. The van der Waals surface area contributed by atoms with E-state index >= 15 is 0 Å². The summed E-state index contributed by atoms with van der Waals surface area (Å²) in [5.41, 5.74) is 0. The van der Waals surface area contributed by atoms with Crippen LogP contribution in [0.2, 0.25) is 0 Å². The van der Waals surface area contributed by atoms with E-state index in [1.807, 2.05) is 0 Å². The van der Waals surface area contributed by atoms with Crippen LogP contribution in [0.5, 0.6) is 0 Å². The van der Waals surface area contributed by atoms with E-state index < -0.39 is 0 Å². The minimum atomic E-state index is 0.541. The number of hydrogen-bond acceptors (Lipinski definition) is 3. The first-order chi connectivity index (χ1) is 5.92. The van der Waals surface area contributed by atoms with E-state index in [-0.39, 0.29) is 0 Å². The average molecular weight is 166 g/mol. The number of likely N-dealkylation sites (tertiary alicyclic amines) is 1. The van der Waals surface area contributed by atoms with Gasteiger partial charge in [-0.05, 0) is 32.2 Å². The fourth-order valence-corrected chi connectivity index (χ4v) is 2.08. The number of isocyanates is 1. The van der Waals surface area contributed by atoms with Crippen molar-refractivity contribution in [3.8, 4) is 0 Å². The van der Waals surface area contributed by atoms with Gasteiger partial charge in [0.1, 0.15) is 0 Å². The molecule has 0 N–H and O–H groups in total. The zero-order valence-electron chi connectivity index (χ0n) is 7.20. The first-order valence-corrected chi connectivity index (χ1v) is 4.71. The lowest BCUT2D eigenvalue weighted by Crippen LogP contribution is -2.33. The number of carbonyl (C=O) groups excluding carboxylic acids is 1. The molecule has 2 aliphatic rings. The Morgan fingerprint density at radius 1 is 1.42 bits per heavy atom. The third kappa shape index (κ3) is 1.57. The van der Waals surface area contributed by atoms with E-state index in [1.54, 1.807) is 6.08 Å². The van der Waals surface area contributed by atoms with Gasteiger partial charge in [-0.15, -0.1) is 0 Å². The lowest BCUT2D eigenvalue weighted by Gasteiger charge is -2.21. The average Bonchev–Trinajstić information content (AvgIpc) is 2.83. The van der Waals surface area contributed by atoms with Gasteiger partial charge >= 0.3 is 0 Å². The molecule has 2 rings (SSSR count). The first-order valence-electron chi connectivity index (χ1n) is 4.71. The second-order valence-electron chi connectivity index (χ2n) is 3.70. The topological polar surface area (TPSA) is 32.7 Å². The molecule has 1 saturated carbocycles. The Morgan fingerprint density at radius 3 is 2.92 bits per heavy atom. The van der Waals surface area contributed by atoms with Crippen LogP contribution in [0.3, 0.4) is 0 Å². The summed E-state index contributed by atoms with van der Waals surface area (Å²) >= 11 is 0. The van der Waals surface area contributed by atoms with E-state index in [9.17, 15) is 4.79 Å². The zero-order valence-corrected chi connectivity index (χ0v) is 7.20. The van der Waals surface area contributed by atoms with Crippen LogP contribution in [0.1, 0.15) is 25.7 Å². The van der Waals surface area contributed by atoms with Crippen molar-refractivity contribution in [2.45, 2.75) is 37.8 Å². The van der Waals surface area contributed by atoms with Gasteiger partial charge in [0.05, 0.1) is 6.54 Å². The third-order valence-corrected chi connectivity index (χ3v) is 2.81. The summed E-state index contributed by atoms with van der Waals surface area (Å²) in [4.78, 5) is 16.1. The smallest absolute Gasteiger partial charge is 0.234 e. The molecule has 0 aromatic heterocycles. The monoisotopic (exact) mass is 166 g/mol. The predicted molar refractivity (Wildman–Crippen MR) is 45.7 cm³/mol. The summed E-state index contributed by atoms with van der Waals surface area (Å²) in [6.45, 7) is 1.88. The van der Waals surface area contributed by atoms with E-state index in [0.29, 0.717) is 12.6 Å². The van der Waals surface area contributed by atoms with Crippen molar-refractivity contribution < 1.29 is 4.79 Å². The van der Waals surface area contributed by atoms with E-state index in [0.717, 1.165) is 6.04 Å². The molecule has 0 radical (unpaired) electrons. The third-order valence-electron chi connectivity index (χ3n) is 2.81. The van der Waals surface area contributed by atoms with Crippen LogP contribution in [-0.4, -0.2) is 36.2 Å². The fraction of sp³-hybridized carbons (Fsp3) is 0.889. The Bertz CT molecular complexity index is 207. The van der Waals surface area contributed by atoms with Crippen LogP contribution in [0.25, 0.3) is 0 Å². The predicted octanol–water partition coefficient (Wildman–Crippen LogP) is 0.949. The van der Waals surface area contributed by atoms with Gasteiger partial charge < -0.3 is 0 Å². The maximum atomic E-state index is 9.94. The maximum Gasteiger partial charge on any atom is 0.234 e. The van der Waals surface area contributed by atoms with Gasteiger partial charge in [-0.3, -0.25) is 4.90 Å². The molecule has 0 aromatic rings. The Labute approximate surface area is 72.5 Å². The summed E-state index contributed by atoms with van der Waals surface area (Å²) in [7, 11) is 0. The lowest BCUT2D eigenvalue weighted by atomic mass is 10.2. The highest BCUT2D eigenvalue weighted by Gasteiger charge is 2.36. The van der Waals surface area contributed by atoms with Gasteiger partial charge in [0.15, 0.2) is 0 Å². The number of aliphatic imine (C=N–C) groups is 1. The van der Waals surface area contributed by atoms with Crippen molar-refractivity contribution >= 4 is 6.08 Å². The summed E-state index contributed by atoms with van der Waals surface area (Å²) in [6, 6.07) is 1.36. The van der Waals surface area contributed by atoms with Crippen LogP contribution in [0.15, 0.2) is 4.99 Å². The lowest BCUT2D eigenvalue weighted by molar-refractivity contribution is 0.249. The molecule has 1 aliphatic carbocycles. The molecule has 2 fully saturated rings. The molecule has 1 aliphatic heterocycles. The molecular formula is C9H14N2O. The van der Waals surface area contributed by atoms with Crippen molar-refractivity contribution in [2.75, 3.05) is 13.1 Å². The molecule has 1 saturated heterocycles. The highest BCUT2D eigenvalue weighted by molar-refractivity contribution is 5.33. The van der Waals surface area contributed by atoms with Crippen molar-refractivity contribution in [1.29, 1.82) is 0 Å². The van der Waals surface area contributed by atoms with Crippen LogP contribution < -0.4 is 0 Å². The molecule has 0 bridgehead atoms. The van der Waals surface area contributed by atoms with E-state index in [2.05, 4.69) is 9.89 Å². The Morgan fingerprint density at radius 2 is 2.25 bits per heavy atom. The first kappa shape index (κ1) is 7.96. The highest BCUT2D eigenvalue weighted by Crippen LogP contribution is 2.33. The highest BCUT2D eigenvalue weighted by atomic mass is 16.1. The summed E-state index contributed by atoms with van der Waals surface area (Å²) < 4.78 is 0. The van der Waals surface area contributed by atoms with E-state index in [1.165, 1.54) is 32.2 Å². The van der Waals surface area contributed by atoms with Gasteiger partial charge in [-0.2, -0.15) is 0 Å². The number of rotatable bonds is 3. The quantitative estimate of drug-likeness (QED) is 0.462. The molecule has 3 nitrogen and oxygen atoms in total. The summed E-state index contributed by atoms with van der Waals surface area (Å²) in [6.07, 6.45) is 6.80. The van der Waals surface area contributed by atoms with Gasteiger partial charge in [-0.1, -0.05) is 0 Å². The molecule has 0 aromatic carbocycles. The minimum Gasteiger partial charge on any atom is -0.296 e. The van der Waals surface area contributed by atoms with Crippen LogP contribution in [0.4, 0.5) is 0 Å². The van der Waals surface area contributed by atoms with Crippen LogP contribution in [0, 0.1) is 0 Å². The number of nitrogens with zero attached hydrogens (tertiary/aromatic N) is 2. The standard InChI is InChI=1S/C9H14N2O/c12-7-10-6-9-2-1-5-11(9)8-3-4-8/h8-9H,1-6H2. The van der Waals surface area contributed by atoms with Gasteiger partial charge in [0.2, 0.25) is 6.08 Å². The molecule has 66 valence electrons. The zero-order chi connectivity index (χ0) is 8.39.